The van der Waals surface area contributed by atoms with Gasteiger partial charge >= 0.3 is 0 Å². The molecule has 0 unspecified atom stereocenters. The van der Waals surface area contributed by atoms with Crippen LogP contribution < -0.4 is 5.73 Å². The number of unbranched alkanes of at least 4 members (excludes halogenated alkanes) is 1. The molecule has 0 saturated carbocycles. The van der Waals surface area contributed by atoms with Gasteiger partial charge in [0.2, 0.25) is 5.91 Å². The monoisotopic (exact) mass is 159 g/mol. The molecule has 11 heavy (non-hydrogen) atoms. The highest BCUT2D eigenvalue weighted by atomic mass is 16.5. The van der Waals surface area contributed by atoms with Crippen LogP contribution in [0, 0.1) is 0 Å². The van der Waals surface area contributed by atoms with Crippen molar-refractivity contribution in [3.8, 4) is 0 Å². The minimum Gasteiger partial charge on any atom is -0.381 e. The lowest BCUT2D eigenvalue weighted by Gasteiger charge is -2.00. The van der Waals surface area contributed by atoms with Gasteiger partial charge in [-0.15, -0.1) is 0 Å². The zero-order valence-electron chi connectivity index (χ0n) is 7.14. The first-order chi connectivity index (χ1) is 5.27. The maximum atomic E-state index is 10.3. The second kappa shape index (κ2) is 7.54. The second-order valence-corrected chi connectivity index (χ2v) is 2.54. The maximum Gasteiger partial charge on any atom is 0.217 e. The molecule has 0 saturated heterocycles. The summed E-state index contributed by atoms with van der Waals surface area (Å²) in [6, 6.07) is 0. The van der Waals surface area contributed by atoms with Crippen molar-refractivity contribution >= 4 is 5.91 Å². The summed E-state index contributed by atoms with van der Waals surface area (Å²) >= 11 is 0. The average Bonchev–Trinajstić information content (AvgIpc) is 1.96. The van der Waals surface area contributed by atoms with Gasteiger partial charge in [0, 0.05) is 19.6 Å². The van der Waals surface area contributed by atoms with Crippen LogP contribution in [-0.2, 0) is 9.53 Å². The first-order valence-corrected chi connectivity index (χ1v) is 4.13. The van der Waals surface area contributed by atoms with E-state index in [1.165, 1.54) is 0 Å². The Labute approximate surface area is 67.9 Å². The van der Waals surface area contributed by atoms with Crippen molar-refractivity contribution in [2.45, 2.75) is 32.6 Å². The molecule has 1 amide bonds. The van der Waals surface area contributed by atoms with Crippen molar-refractivity contribution in [2.24, 2.45) is 5.73 Å². The molecular formula is C8H17NO2. The highest BCUT2D eigenvalue weighted by Gasteiger charge is 1.93. The summed E-state index contributed by atoms with van der Waals surface area (Å²) in [6.07, 6.45) is 3.43. The SMILES string of the molecule is CCCCOCCCC(N)=O. The van der Waals surface area contributed by atoms with Gasteiger partial charge in [0.15, 0.2) is 0 Å². The smallest absolute Gasteiger partial charge is 0.217 e. The van der Waals surface area contributed by atoms with E-state index in [0.717, 1.165) is 25.9 Å². The van der Waals surface area contributed by atoms with Crippen LogP contribution in [0.25, 0.3) is 0 Å². The van der Waals surface area contributed by atoms with Gasteiger partial charge in [-0.1, -0.05) is 13.3 Å². The maximum absolute atomic E-state index is 10.3. The van der Waals surface area contributed by atoms with Gasteiger partial charge in [-0.2, -0.15) is 0 Å². The Hall–Kier alpha value is -0.570. The summed E-state index contributed by atoms with van der Waals surface area (Å²) in [6.45, 7) is 3.57. The number of hydrogen-bond acceptors (Lipinski definition) is 2. The molecule has 0 aliphatic carbocycles. The Balaban J connectivity index is 2.85. The summed E-state index contributed by atoms with van der Waals surface area (Å²) in [4.78, 5) is 10.3. The summed E-state index contributed by atoms with van der Waals surface area (Å²) in [5.74, 6) is -0.246. The van der Waals surface area contributed by atoms with Crippen LogP contribution in [0.5, 0.6) is 0 Å². The molecule has 3 nitrogen and oxygen atoms in total. The number of hydrogen-bond donors (Lipinski definition) is 1. The van der Waals surface area contributed by atoms with Crippen LogP contribution in [0.2, 0.25) is 0 Å². The lowest BCUT2D eigenvalue weighted by Crippen LogP contribution is -2.11. The standard InChI is InChI=1S/C8H17NO2/c1-2-3-6-11-7-4-5-8(9)10/h2-7H2,1H3,(H2,9,10). The van der Waals surface area contributed by atoms with Gasteiger partial charge in [0.1, 0.15) is 0 Å². The van der Waals surface area contributed by atoms with Crippen molar-refractivity contribution in [1.82, 2.24) is 0 Å². The Bertz CT molecular complexity index is 104. The minimum atomic E-state index is -0.246. The molecule has 0 aromatic heterocycles. The van der Waals surface area contributed by atoms with Crippen molar-refractivity contribution in [3.05, 3.63) is 0 Å². The van der Waals surface area contributed by atoms with Gasteiger partial charge in [-0.25, -0.2) is 0 Å². The highest BCUT2D eigenvalue weighted by Crippen LogP contribution is 1.92. The molecule has 0 spiro atoms. The van der Waals surface area contributed by atoms with E-state index in [0.29, 0.717) is 13.0 Å². The second-order valence-electron chi connectivity index (χ2n) is 2.54. The van der Waals surface area contributed by atoms with Gasteiger partial charge in [-0.3, -0.25) is 4.79 Å². The first kappa shape index (κ1) is 10.4. The predicted molar refractivity (Wildman–Crippen MR) is 44.2 cm³/mol. The van der Waals surface area contributed by atoms with Crippen molar-refractivity contribution in [3.63, 3.8) is 0 Å². The van der Waals surface area contributed by atoms with Gasteiger partial charge in [0.05, 0.1) is 0 Å². The van der Waals surface area contributed by atoms with Crippen LogP contribution in [0.15, 0.2) is 0 Å². The third-order valence-corrected chi connectivity index (χ3v) is 1.35. The molecule has 0 aromatic rings. The highest BCUT2D eigenvalue weighted by molar-refractivity contribution is 5.73. The quantitative estimate of drug-likeness (QED) is 0.565. The van der Waals surface area contributed by atoms with Crippen LogP contribution in [0.1, 0.15) is 32.6 Å². The van der Waals surface area contributed by atoms with Crippen molar-refractivity contribution in [1.29, 1.82) is 0 Å². The van der Waals surface area contributed by atoms with E-state index in [1.54, 1.807) is 0 Å². The predicted octanol–water partition coefficient (Wildman–Crippen LogP) is 1.07. The summed E-state index contributed by atoms with van der Waals surface area (Å²) in [7, 11) is 0. The largest absolute Gasteiger partial charge is 0.381 e. The molecule has 3 heteroatoms. The number of nitrogens with two attached hydrogens (primary N) is 1. The molecule has 0 heterocycles. The normalized spacial score (nSPS) is 9.91. The number of rotatable bonds is 7. The van der Waals surface area contributed by atoms with Crippen molar-refractivity contribution in [2.75, 3.05) is 13.2 Å². The van der Waals surface area contributed by atoms with Crippen LogP contribution in [-0.4, -0.2) is 19.1 Å². The lowest BCUT2D eigenvalue weighted by molar-refractivity contribution is -0.118. The zero-order chi connectivity index (χ0) is 8.53. The third kappa shape index (κ3) is 9.43. The Morgan fingerprint density at radius 3 is 2.55 bits per heavy atom. The minimum absolute atomic E-state index is 0.246. The molecule has 0 rings (SSSR count). The molecule has 0 aromatic carbocycles. The van der Waals surface area contributed by atoms with E-state index in [-0.39, 0.29) is 5.91 Å². The number of carbonyl (C=O) groups is 1. The Morgan fingerprint density at radius 2 is 2.00 bits per heavy atom. The number of ether oxygens (including phenoxy) is 1. The number of amides is 1. The van der Waals surface area contributed by atoms with Gasteiger partial charge in [-0.05, 0) is 12.8 Å². The van der Waals surface area contributed by atoms with E-state index >= 15 is 0 Å². The molecule has 0 fully saturated rings. The van der Waals surface area contributed by atoms with Gasteiger partial charge < -0.3 is 10.5 Å². The average molecular weight is 159 g/mol. The first-order valence-electron chi connectivity index (χ1n) is 4.13. The van der Waals surface area contributed by atoms with Crippen LogP contribution >= 0.6 is 0 Å². The van der Waals surface area contributed by atoms with E-state index in [9.17, 15) is 4.79 Å². The molecule has 2 N–H and O–H groups in total. The number of carbonyl (C=O) groups excluding carboxylic acids is 1. The molecule has 0 radical (unpaired) electrons. The van der Waals surface area contributed by atoms with Crippen molar-refractivity contribution < 1.29 is 9.53 Å². The molecule has 0 bridgehead atoms. The van der Waals surface area contributed by atoms with E-state index in [4.69, 9.17) is 10.5 Å². The molecule has 0 aliphatic rings. The fourth-order valence-corrected chi connectivity index (χ4v) is 0.697. The Morgan fingerprint density at radius 1 is 1.36 bits per heavy atom. The molecule has 0 atom stereocenters. The van der Waals surface area contributed by atoms with Crippen LogP contribution in [0.3, 0.4) is 0 Å². The summed E-state index contributed by atoms with van der Waals surface area (Å²) in [5.41, 5.74) is 4.94. The Kier molecular flexibility index (Phi) is 7.15. The molecular weight excluding hydrogens is 142 g/mol. The van der Waals surface area contributed by atoms with E-state index in [1.807, 2.05) is 0 Å². The molecule has 66 valence electrons. The summed E-state index contributed by atoms with van der Waals surface area (Å²) in [5, 5.41) is 0. The third-order valence-electron chi connectivity index (χ3n) is 1.35. The van der Waals surface area contributed by atoms with Gasteiger partial charge in [0.25, 0.3) is 0 Å². The zero-order valence-corrected chi connectivity index (χ0v) is 7.14. The molecule has 0 aliphatic heterocycles. The van der Waals surface area contributed by atoms with Crippen LogP contribution in [0.4, 0.5) is 0 Å². The topological polar surface area (TPSA) is 52.3 Å². The number of primary amides is 1. The van der Waals surface area contributed by atoms with E-state index < -0.39 is 0 Å². The van der Waals surface area contributed by atoms with E-state index in [2.05, 4.69) is 6.92 Å². The fourth-order valence-electron chi connectivity index (χ4n) is 0.697. The summed E-state index contributed by atoms with van der Waals surface area (Å²) < 4.78 is 5.22. The fraction of sp³-hybridized carbons (Fsp3) is 0.875. The lowest BCUT2D eigenvalue weighted by atomic mass is 10.3.